The van der Waals surface area contributed by atoms with Crippen LogP contribution in [0, 0.1) is 5.92 Å². The zero-order valence-corrected chi connectivity index (χ0v) is 17.7. The van der Waals surface area contributed by atoms with Crippen molar-refractivity contribution in [2.45, 2.75) is 58.8 Å². The van der Waals surface area contributed by atoms with E-state index >= 15 is 0 Å². The molecule has 1 aliphatic rings. The summed E-state index contributed by atoms with van der Waals surface area (Å²) < 4.78 is 5.32. The second-order valence-electron chi connectivity index (χ2n) is 7.28. The van der Waals surface area contributed by atoms with E-state index in [-0.39, 0.29) is 17.8 Å². The van der Waals surface area contributed by atoms with E-state index in [1.54, 1.807) is 11.3 Å². The summed E-state index contributed by atoms with van der Waals surface area (Å²) in [5, 5.41) is 3.70. The number of hydrogen-bond donors (Lipinski definition) is 1. The number of ether oxygens (including phenoxy) is 1. The van der Waals surface area contributed by atoms with E-state index in [2.05, 4.69) is 29.6 Å². The molecule has 3 rings (SSSR count). The van der Waals surface area contributed by atoms with Crippen LogP contribution in [0.15, 0.2) is 30.3 Å². The monoisotopic (exact) mass is 399 g/mol. The third-order valence-corrected chi connectivity index (χ3v) is 6.78. The summed E-state index contributed by atoms with van der Waals surface area (Å²) in [6, 6.07) is 10.5. The summed E-state index contributed by atoms with van der Waals surface area (Å²) in [7, 11) is 0. The minimum absolute atomic E-state index is 0.00578. The van der Waals surface area contributed by atoms with Gasteiger partial charge in [0.2, 0.25) is 5.91 Å². The van der Waals surface area contributed by atoms with Crippen molar-refractivity contribution in [1.29, 1.82) is 0 Å². The Kier molecular flexibility index (Phi) is 6.89. The molecule has 0 aliphatic heterocycles. The standard InChI is InChI=1S/C23H29NO3S/c1-4-15(5-2)21(25)24-22-20(23(26)27-6-3)18-13-12-17(14-19(18)28-22)16-10-8-7-9-11-16/h7-11,15,17H,4-6,12-14H2,1-3H3,(H,24,25)/t17-/m0/s1. The summed E-state index contributed by atoms with van der Waals surface area (Å²) in [5.74, 6) is 0.0861. The number of nitrogens with one attached hydrogen (secondary N) is 1. The highest BCUT2D eigenvalue weighted by Crippen LogP contribution is 2.43. The topological polar surface area (TPSA) is 55.4 Å². The van der Waals surface area contributed by atoms with Crippen LogP contribution in [0.3, 0.4) is 0 Å². The van der Waals surface area contributed by atoms with Crippen molar-refractivity contribution in [3.8, 4) is 0 Å². The van der Waals surface area contributed by atoms with Crippen molar-refractivity contribution in [2.75, 3.05) is 11.9 Å². The Labute approximate surface area is 171 Å². The lowest BCUT2D eigenvalue weighted by molar-refractivity contribution is -0.120. The van der Waals surface area contributed by atoms with Gasteiger partial charge < -0.3 is 10.1 Å². The maximum absolute atomic E-state index is 12.7. The fourth-order valence-corrected chi connectivity index (χ4v) is 5.29. The molecule has 1 aromatic carbocycles. The molecule has 1 N–H and O–H groups in total. The second kappa shape index (κ2) is 9.37. The number of rotatable bonds is 7. The van der Waals surface area contributed by atoms with E-state index in [1.807, 2.05) is 26.8 Å². The number of carbonyl (C=O) groups excluding carboxylic acids is 2. The first-order valence-electron chi connectivity index (χ1n) is 10.3. The lowest BCUT2D eigenvalue weighted by Crippen LogP contribution is -2.22. The second-order valence-corrected chi connectivity index (χ2v) is 8.39. The van der Waals surface area contributed by atoms with Crippen LogP contribution in [0.25, 0.3) is 0 Å². The van der Waals surface area contributed by atoms with E-state index in [9.17, 15) is 9.59 Å². The van der Waals surface area contributed by atoms with Crippen molar-refractivity contribution in [1.82, 2.24) is 0 Å². The molecule has 1 heterocycles. The zero-order chi connectivity index (χ0) is 20.1. The van der Waals surface area contributed by atoms with Gasteiger partial charge in [-0.2, -0.15) is 0 Å². The zero-order valence-electron chi connectivity index (χ0n) is 16.9. The van der Waals surface area contributed by atoms with Crippen molar-refractivity contribution in [2.24, 2.45) is 5.92 Å². The van der Waals surface area contributed by atoms with E-state index in [0.717, 1.165) is 37.7 Å². The predicted molar refractivity (Wildman–Crippen MR) is 114 cm³/mol. The molecule has 0 unspecified atom stereocenters. The first-order valence-corrected chi connectivity index (χ1v) is 11.1. The summed E-state index contributed by atoms with van der Waals surface area (Å²) >= 11 is 1.55. The van der Waals surface area contributed by atoms with Crippen molar-refractivity contribution in [3.05, 3.63) is 51.9 Å². The third-order valence-electron chi connectivity index (χ3n) is 5.61. The van der Waals surface area contributed by atoms with Crippen LogP contribution in [0.2, 0.25) is 0 Å². The van der Waals surface area contributed by atoms with Gasteiger partial charge in [0.25, 0.3) is 0 Å². The molecule has 0 radical (unpaired) electrons. The molecule has 5 heteroatoms. The largest absolute Gasteiger partial charge is 0.462 e. The molecule has 1 aliphatic carbocycles. The van der Waals surface area contributed by atoms with Crippen LogP contribution in [0.5, 0.6) is 0 Å². The first kappa shape index (κ1) is 20.6. The van der Waals surface area contributed by atoms with Gasteiger partial charge in [-0.3, -0.25) is 4.79 Å². The number of esters is 1. The summed E-state index contributed by atoms with van der Waals surface area (Å²) in [6.45, 7) is 6.18. The third kappa shape index (κ3) is 4.30. The van der Waals surface area contributed by atoms with E-state index in [1.165, 1.54) is 10.4 Å². The molecule has 0 spiro atoms. The van der Waals surface area contributed by atoms with E-state index < -0.39 is 0 Å². The molecule has 28 heavy (non-hydrogen) atoms. The average Bonchev–Trinajstić information content (AvgIpc) is 3.06. The molecule has 0 fully saturated rings. The molecule has 1 atom stereocenters. The van der Waals surface area contributed by atoms with Crippen molar-refractivity contribution in [3.63, 3.8) is 0 Å². The highest BCUT2D eigenvalue weighted by molar-refractivity contribution is 7.17. The van der Waals surface area contributed by atoms with Crippen molar-refractivity contribution < 1.29 is 14.3 Å². The number of thiophene rings is 1. The fraction of sp³-hybridized carbons (Fsp3) is 0.478. The normalized spacial score (nSPS) is 15.9. The maximum atomic E-state index is 12.7. The summed E-state index contributed by atoms with van der Waals surface area (Å²) in [5.41, 5.74) is 2.98. The Morgan fingerprint density at radius 1 is 1.18 bits per heavy atom. The number of carbonyl (C=O) groups is 2. The van der Waals surface area contributed by atoms with Crippen LogP contribution >= 0.6 is 11.3 Å². The molecule has 0 saturated carbocycles. The SMILES string of the molecule is CCOC(=O)c1c(NC(=O)C(CC)CC)sc2c1CC[C@H](c1ccccc1)C2. The van der Waals surface area contributed by atoms with Gasteiger partial charge in [0.05, 0.1) is 12.2 Å². The highest BCUT2D eigenvalue weighted by atomic mass is 32.1. The number of fused-ring (bicyclic) bond motifs is 1. The van der Waals surface area contributed by atoms with Gasteiger partial charge >= 0.3 is 5.97 Å². The van der Waals surface area contributed by atoms with Gasteiger partial charge in [0.1, 0.15) is 5.00 Å². The van der Waals surface area contributed by atoms with Crippen LogP contribution in [-0.4, -0.2) is 18.5 Å². The summed E-state index contributed by atoms with van der Waals surface area (Å²) in [4.78, 5) is 26.5. The Bertz CT molecular complexity index is 824. The molecule has 4 nitrogen and oxygen atoms in total. The Morgan fingerprint density at radius 3 is 2.54 bits per heavy atom. The molecular formula is C23H29NO3S. The Morgan fingerprint density at radius 2 is 1.89 bits per heavy atom. The molecule has 0 saturated heterocycles. The molecule has 1 aromatic heterocycles. The predicted octanol–water partition coefficient (Wildman–Crippen LogP) is 5.57. The first-order chi connectivity index (χ1) is 13.6. The molecular weight excluding hydrogens is 370 g/mol. The van der Waals surface area contributed by atoms with Gasteiger partial charge in [-0.1, -0.05) is 44.2 Å². The van der Waals surface area contributed by atoms with E-state index in [4.69, 9.17) is 4.74 Å². The summed E-state index contributed by atoms with van der Waals surface area (Å²) in [6.07, 6.45) is 4.31. The number of benzene rings is 1. The molecule has 150 valence electrons. The van der Waals surface area contributed by atoms with E-state index in [0.29, 0.717) is 23.1 Å². The highest BCUT2D eigenvalue weighted by Gasteiger charge is 2.31. The number of anilines is 1. The van der Waals surface area contributed by atoms with Crippen molar-refractivity contribution >= 4 is 28.2 Å². The van der Waals surface area contributed by atoms with Crippen LogP contribution in [-0.2, 0) is 22.4 Å². The number of amides is 1. The molecule has 1 amide bonds. The number of hydrogen-bond acceptors (Lipinski definition) is 4. The lowest BCUT2D eigenvalue weighted by Gasteiger charge is -2.23. The van der Waals surface area contributed by atoms with Crippen LogP contribution < -0.4 is 5.32 Å². The average molecular weight is 400 g/mol. The smallest absolute Gasteiger partial charge is 0.341 e. The Balaban J connectivity index is 1.91. The minimum Gasteiger partial charge on any atom is -0.462 e. The minimum atomic E-state index is -0.321. The van der Waals surface area contributed by atoms with Crippen LogP contribution in [0.1, 0.15) is 72.3 Å². The van der Waals surface area contributed by atoms with Crippen LogP contribution in [0.4, 0.5) is 5.00 Å². The molecule has 2 aromatic rings. The lowest BCUT2D eigenvalue weighted by atomic mass is 9.83. The van der Waals surface area contributed by atoms with Gasteiger partial charge in [-0.05, 0) is 56.1 Å². The van der Waals surface area contributed by atoms with Gasteiger partial charge in [0, 0.05) is 10.8 Å². The molecule has 0 bridgehead atoms. The quantitative estimate of drug-likeness (QED) is 0.619. The van der Waals surface area contributed by atoms with Gasteiger partial charge in [0.15, 0.2) is 0 Å². The van der Waals surface area contributed by atoms with Gasteiger partial charge in [-0.15, -0.1) is 11.3 Å². The van der Waals surface area contributed by atoms with Gasteiger partial charge in [-0.25, -0.2) is 4.79 Å². The maximum Gasteiger partial charge on any atom is 0.341 e. The Hall–Kier alpha value is -2.14. The fourth-order valence-electron chi connectivity index (χ4n) is 3.98.